The molecule has 0 aliphatic heterocycles. The summed E-state index contributed by atoms with van der Waals surface area (Å²) in [7, 11) is 0. The van der Waals surface area contributed by atoms with Gasteiger partial charge in [0.25, 0.3) is 5.56 Å². The fourth-order valence-corrected chi connectivity index (χ4v) is 2.99. The highest BCUT2D eigenvalue weighted by molar-refractivity contribution is 5.60. The van der Waals surface area contributed by atoms with E-state index in [1.54, 1.807) is 0 Å². The standard InChI is InChI=1S/C16H19N3O/c17-16-18-14(10-15(20)19-16)13-8-6-12(7-9-13)11-4-2-1-3-5-11/h6-11H,1-5H2,(H3,17,18,19,20). The van der Waals surface area contributed by atoms with E-state index in [1.165, 1.54) is 43.7 Å². The summed E-state index contributed by atoms with van der Waals surface area (Å²) < 4.78 is 0. The molecule has 1 fully saturated rings. The monoisotopic (exact) mass is 269 g/mol. The second-order valence-electron chi connectivity index (χ2n) is 5.47. The van der Waals surface area contributed by atoms with Gasteiger partial charge in [0, 0.05) is 11.6 Å². The minimum Gasteiger partial charge on any atom is -0.369 e. The molecule has 104 valence electrons. The van der Waals surface area contributed by atoms with Crippen molar-refractivity contribution in [2.45, 2.75) is 38.0 Å². The molecule has 0 unspecified atom stereocenters. The van der Waals surface area contributed by atoms with Crippen molar-refractivity contribution in [1.82, 2.24) is 9.97 Å². The maximum Gasteiger partial charge on any atom is 0.252 e. The SMILES string of the molecule is Nc1nc(-c2ccc(C3CCCCC3)cc2)cc(=O)[nH]1. The predicted molar refractivity (Wildman–Crippen MR) is 80.5 cm³/mol. The Labute approximate surface area is 118 Å². The summed E-state index contributed by atoms with van der Waals surface area (Å²) in [6.45, 7) is 0. The molecule has 2 aromatic rings. The highest BCUT2D eigenvalue weighted by Crippen LogP contribution is 2.33. The molecule has 3 rings (SSSR count). The highest BCUT2D eigenvalue weighted by atomic mass is 16.1. The Morgan fingerprint density at radius 2 is 1.80 bits per heavy atom. The topological polar surface area (TPSA) is 71.8 Å². The lowest BCUT2D eigenvalue weighted by atomic mass is 9.84. The molecule has 1 heterocycles. The van der Waals surface area contributed by atoms with E-state index in [9.17, 15) is 4.79 Å². The largest absolute Gasteiger partial charge is 0.369 e. The lowest BCUT2D eigenvalue weighted by Gasteiger charge is -2.22. The number of nitrogens with two attached hydrogens (primary N) is 1. The summed E-state index contributed by atoms with van der Waals surface area (Å²) >= 11 is 0. The Kier molecular flexibility index (Phi) is 3.54. The number of hydrogen-bond acceptors (Lipinski definition) is 3. The maximum atomic E-state index is 11.4. The number of nitrogen functional groups attached to an aromatic ring is 1. The van der Waals surface area contributed by atoms with Crippen LogP contribution in [-0.2, 0) is 0 Å². The molecule has 1 aromatic carbocycles. The van der Waals surface area contributed by atoms with Crippen LogP contribution >= 0.6 is 0 Å². The molecule has 1 aliphatic carbocycles. The van der Waals surface area contributed by atoms with Gasteiger partial charge in [-0.1, -0.05) is 43.5 Å². The lowest BCUT2D eigenvalue weighted by Crippen LogP contribution is -2.10. The average molecular weight is 269 g/mol. The Hall–Kier alpha value is -2.10. The number of H-pyrrole nitrogens is 1. The van der Waals surface area contributed by atoms with Crippen molar-refractivity contribution in [2.75, 3.05) is 5.73 Å². The van der Waals surface area contributed by atoms with Crippen LogP contribution in [0.5, 0.6) is 0 Å². The smallest absolute Gasteiger partial charge is 0.252 e. The zero-order valence-corrected chi connectivity index (χ0v) is 11.4. The van der Waals surface area contributed by atoms with E-state index in [-0.39, 0.29) is 11.5 Å². The first-order valence-electron chi connectivity index (χ1n) is 7.19. The van der Waals surface area contributed by atoms with Crippen molar-refractivity contribution in [3.63, 3.8) is 0 Å². The zero-order chi connectivity index (χ0) is 13.9. The van der Waals surface area contributed by atoms with Gasteiger partial charge < -0.3 is 5.73 Å². The van der Waals surface area contributed by atoms with Gasteiger partial charge in [0.2, 0.25) is 5.95 Å². The summed E-state index contributed by atoms with van der Waals surface area (Å²) in [4.78, 5) is 18.0. The van der Waals surface area contributed by atoms with Crippen LogP contribution in [0.1, 0.15) is 43.6 Å². The van der Waals surface area contributed by atoms with Crippen LogP contribution in [0.2, 0.25) is 0 Å². The van der Waals surface area contributed by atoms with E-state index < -0.39 is 0 Å². The number of benzene rings is 1. The molecule has 0 radical (unpaired) electrons. The number of hydrogen-bond donors (Lipinski definition) is 2. The summed E-state index contributed by atoms with van der Waals surface area (Å²) in [5.41, 5.74) is 8.31. The molecular formula is C16H19N3O. The van der Waals surface area contributed by atoms with Crippen molar-refractivity contribution >= 4 is 5.95 Å². The van der Waals surface area contributed by atoms with E-state index in [2.05, 4.69) is 22.1 Å². The Balaban J connectivity index is 1.86. The predicted octanol–water partition coefficient (Wildman–Crippen LogP) is 3.07. The first kappa shape index (κ1) is 12.9. The number of aromatic nitrogens is 2. The van der Waals surface area contributed by atoms with E-state index >= 15 is 0 Å². The van der Waals surface area contributed by atoms with E-state index in [0.29, 0.717) is 11.6 Å². The minimum atomic E-state index is -0.219. The number of aromatic amines is 1. The molecule has 0 spiro atoms. The molecule has 0 atom stereocenters. The number of nitrogens with one attached hydrogen (secondary N) is 1. The summed E-state index contributed by atoms with van der Waals surface area (Å²) in [5.74, 6) is 0.846. The normalized spacial score (nSPS) is 16.2. The Morgan fingerprint density at radius 3 is 2.45 bits per heavy atom. The van der Waals surface area contributed by atoms with Gasteiger partial charge in [-0.05, 0) is 24.3 Å². The van der Waals surface area contributed by atoms with Gasteiger partial charge in [-0.25, -0.2) is 4.98 Å². The molecule has 3 N–H and O–H groups in total. The van der Waals surface area contributed by atoms with Gasteiger partial charge in [0.15, 0.2) is 0 Å². The van der Waals surface area contributed by atoms with E-state index in [4.69, 9.17) is 5.73 Å². The lowest BCUT2D eigenvalue weighted by molar-refractivity contribution is 0.443. The fraction of sp³-hybridized carbons (Fsp3) is 0.375. The van der Waals surface area contributed by atoms with Gasteiger partial charge in [0.05, 0.1) is 5.69 Å². The van der Waals surface area contributed by atoms with Gasteiger partial charge >= 0.3 is 0 Å². The van der Waals surface area contributed by atoms with Gasteiger partial charge in [0.1, 0.15) is 0 Å². The molecular weight excluding hydrogens is 250 g/mol. The summed E-state index contributed by atoms with van der Waals surface area (Å²) in [6, 6.07) is 9.86. The van der Waals surface area contributed by atoms with Crippen LogP contribution in [0.4, 0.5) is 5.95 Å². The van der Waals surface area contributed by atoms with Crippen molar-refractivity contribution in [3.05, 3.63) is 46.2 Å². The van der Waals surface area contributed by atoms with Crippen LogP contribution in [0.3, 0.4) is 0 Å². The van der Waals surface area contributed by atoms with Crippen molar-refractivity contribution < 1.29 is 0 Å². The average Bonchev–Trinajstić information content (AvgIpc) is 2.47. The second kappa shape index (κ2) is 5.49. The molecule has 0 amide bonds. The first-order valence-corrected chi connectivity index (χ1v) is 7.19. The Bertz CT molecular complexity index is 640. The zero-order valence-electron chi connectivity index (χ0n) is 11.4. The summed E-state index contributed by atoms with van der Waals surface area (Å²) in [5, 5.41) is 0. The molecule has 4 heteroatoms. The van der Waals surface area contributed by atoms with Crippen LogP contribution in [0, 0.1) is 0 Å². The fourth-order valence-electron chi connectivity index (χ4n) is 2.99. The number of rotatable bonds is 2. The molecule has 1 saturated carbocycles. The van der Waals surface area contributed by atoms with E-state index in [1.807, 2.05) is 12.1 Å². The Morgan fingerprint density at radius 1 is 1.10 bits per heavy atom. The van der Waals surface area contributed by atoms with Crippen molar-refractivity contribution in [1.29, 1.82) is 0 Å². The van der Waals surface area contributed by atoms with Crippen molar-refractivity contribution in [3.8, 4) is 11.3 Å². The molecule has 4 nitrogen and oxygen atoms in total. The quantitative estimate of drug-likeness (QED) is 0.880. The third-order valence-corrected chi connectivity index (χ3v) is 4.04. The molecule has 20 heavy (non-hydrogen) atoms. The highest BCUT2D eigenvalue weighted by Gasteiger charge is 2.15. The summed E-state index contributed by atoms with van der Waals surface area (Å²) in [6.07, 6.45) is 6.60. The first-order chi connectivity index (χ1) is 9.72. The maximum absolute atomic E-state index is 11.4. The van der Waals surface area contributed by atoms with Gasteiger partial charge in [-0.2, -0.15) is 0 Å². The third-order valence-electron chi connectivity index (χ3n) is 4.04. The molecule has 0 saturated heterocycles. The van der Waals surface area contributed by atoms with Crippen LogP contribution in [0.25, 0.3) is 11.3 Å². The van der Waals surface area contributed by atoms with Gasteiger partial charge in [-0.3, -0.25) is 9.78 Å². The van der Waals surface area contributed by atoms with Crippen molar-refractivity contribution in [2.24, 2.45) is 0 Å². The number of anilines is 1. The van der Waals surface area contributed by atoms with Crippen LogP contribution in [0.15, 0.2) is 35.1 Å². The third kappa shape index (κ3) is 2.74. The van der Waals surface area contributed by atoms with Crippen LogP contribution in [-0.4, -0.2) is 9.97 Å². The second-order valence-corrected chi connectivity index (χ2v) is 5.47. The molecule has 1 aliphatic rings. The number of nitrogens with zero attached hydrogens (tertiary/aromatic N) is 1. The van der Waals surface area contributed by atoms with E-state index in [0.717, 1.165) is 5.56 Å². The molecule has 1 aromatic heterocycles. The minimum absolute atomic E-state index is 0.156. The molecule has 0 bridgehead atoms. The van der Waals surface area contributed by atoms with Crippen LogP contribution < -0.4 is 11.3 Å². The van der Waals surface area contributed by atoms with Gasteiger partial charge in [-0.15, -0.1) is 0 Å².